The van der Waals surface area contributed by atoms with Crippen LogP contribution < -0.4 is 15.4 Å². The Hall–Kier alpha value is -1.64. The van der Waals surface area contributed by atoms with Gasteiger partial charge in [-0.1, -0.05) is 31.9 Å². The highest BCUT2D eigenvalue weighted by atomic mass is 35.5. The number of benzene rings is 1. The summed E-state index contributed by atoms with van der Waals surface area (Å²) in [6.07, 6.45) is 4.63. The highest BCUT2D eigenvalue weighted by molar-refractivity contribution is 7.90. The molecular formula is C19H29ClN4O3S. The number of rotatable bonds is 7. The summed E-state index contributed by atoms with van der Waals surface area (Å²) in [5.74, 6) is 0.569. The van der Waals surface area contributed by atoms with Gasteiger partial charge in [0.2, 0.25) is 5.91 Å². The molecule has 0 spiro atoms. The van der Waals surface area contributed by atoms with Crippen molar-refractivity contribution in [1.82, 2.24) is 15.4 Å². The molecule has 1 aromatic carbocycles. The van der Waals surface area contributed by atoms with Crippen molar-refractivity contribution in [3.63, 3.8) is 0 Å². The maximum Gasteiger partial charge on any atom is 0.263 e. The Bertz CT molecular complexity index is 807. The lowest BCUT2D eigenvalue weighted by Crippen LogP contribution is -2.41. The summed E-state index contributed by atoms with van der Waals surface area (Å²) in [5.41, 5.74) is 0.531. The Kier molecular flexibility index (Phi) is 8.27. The third-order valence-corrected chi connectivity index (χ3v) is 6.44. The first-order valence-electron chi connectivity index (χ1n) is 9.69. The third kappa shape index (κ3) is 5.46. The van der Waals surface area contributed by atoms with E-state index in [0.29, 0.717) is 24.4 Å². The van der Waals surface area contributed by atoms with Crippen LogP contribution in [0.1, 0.15) is 44.6 Å². The smallest absolute Gasteiger partial charge is 0.263 e. The maximum absolute atomic E-state index is 12.7. The van der Waals surface area contributed by atoms with Crippen molar-refractivity contribution in [2.45, 2.75) is 50.0 Å². The van der Waals surface area contributed by atoms with Gasteiger partial charge in [0.25, 0.3) is 10.0 Å². The third-order valence-electron chi connectivity index (χ3n) is 5.05. The second-order valence-corrected chi connectivity index (χ2v) is 8.85. The SMILES string of the molecule is CCCCC(N=C1NS(=O)(=O)c2ccccc21)C(=O)NCC1CCCNC1.Cl. The average Bonchev–Trinajstić information content (AvgIpc) is 2.94. The molecular weight excluding hydrogens is 400 g/mol. The Morgan fingerprint density at radius 1 is 1.36 bits per heavy atom. The number of nitrogens with zero attached hydrogens (tertiary/aromatic N) is 1. The first-order valence-corrected chi connectivity index (χ1v) is 11.2. The van der Waals surface area contributed by atoms with E-state index in [4.69, 9.17) is 0 Å². The fraction of sp³-hybridized carbons (Fsp3) is 0.579. The highest BCUT2D eigenvalue weighted by Gasteiger charge is 2.31. The molecule has 1 saturated heterocycles. The fourth-order valence-electron chi connectivity index (χ4n) is 3.50. The van der Waals surface area contributed by atoms with Gasteiger partial charge in [0.1, 0.15) is 11.9 Å². The monoisotopic (exact) mass is 428 g/mol. The van der Waals surface area contributed by atoms with Gasteiger partial charge in [-0.2, -0.15) is 0 Å². The van der Waals surface area contributed by atoms with Crippen LogP contribution in [0.2, 0.25) is 0 Å². The number of amidine groups is 1. The van der Waals surface area contributed by atoms with Gasteiger partial charge in [-0.05, 0) is 50.4 Å². The number of carbonyl (C=O) groups is 1. The molecule has 1 amide bonds. The Balaban J connectivity index is 0.00000280. The average molecular weight is 429 g/mol. The number of fused-ring (bicyclic) bond motifs is 1. The second kappa shape index (κ2) is 10.2. The van der Waals surface area contributed by atoms with Gasteiger partial charge in [0.05, 0.1) is 4.90 Å². The van der Waals surface area contributed by atoms with Crippen LogP contribution in [0.15, 0.2) is 34.2 Å². The number of sulfonamides is 1. The van der Waals surface area contributed by atoms with Gasteiger partial charge >= 0.3 is 0 Å². The lowest BCUT2D eigenvalue weighted by Gasteiger charge is -2.23. The van der Waals surface area contributed by atoms with Crippen LogP contribution in [0.4, 0.5) is 0 Å². The topological polar surface area (TPSA) is 99.7 Å². The zero-order chi connectivity index (χ0) is 19.3. The standard InChI is InChI=1S/C19H28N4O3S.ClH/c1-2-3-9-16(19(24)21-13-14-7-6-11-20-12-14)22-18-15-8-4-5-10-17(15)27(25,26)23-18;/h4-5,8,10,14,16,20H,2-3,6-7,9,11-13H2,1H3,(H,21,24)(H,22,23);1H. The van der Waals surface area contributed by atoms with Gasteiger partial charge in [-0.25, -0.2) is 8.42 Å². The summed E-state index contributed by atoms with van der Waals surface area (Å²) in [6, 6.07) is 6.13. The summed E-state index contributed by atoms with van der Waals surface area (Å²) in [6.45, 7) is 4.64. The van der Waals surface area contributed by atoms with Gasteiger partial charge < -0.3 is 10.6 Å². The molecule has 0 bridgehead atoms. The van der Waals surface area contributed by atoms with Gasteiger partial charge in [-0.3, -0.25) is 14.5 Å². The number of nitrogens with one attached hydrogen (secondary N) is 3. The van der Waals surface area contributed by atoms with Crippen molar-refractivity contribution >= 4 is 34.2 Å². The van der Waals surface area contributed by atoms with Crippen molar-refractivity contribution in [2.24, 2.45) is 10.9 Å². The van der Waals surface area contributed by atoms with Crippen LogP contribution in [-0.4, -0.2) is 45.8 Å². The van der Waals surface area contributed by atoms with Crippen LogP contribution in [0.3, 0.4) is 0 Å². The maximum atomic E-state index is 12.7. The van der Waals surface area contributed by atoms with Gasteiger partial charge in [-0.15, -0.1) is 12.4 Å². The minimum absolute atomic E-state index is 0. The van der Waals surface area contributed by atoms with Crippen LogP contribution in [-0.2, 0) is 14.8 Å². The summed E-state index contributed by atoms with van der Waals surface area (Å²) >= 11 is 0. The lowest BCUT2D eigenvalue weighted by molar-refractivity contribution is -0.122. The van der Waals surface area contributed by atoms with E-state index >= 15 is 0 Å². The van der Waals surface area contributed by atoms with E-state index in [1.54, 1.807) is 24.3 Å². The minimum Gasteiger partial charge on any atom is -0.354 e. The molecule has 2 heterocycles. The molecule has 2 aliphatic rings. The summed E-state index contributed by atoms with van der Waals surface area (Å²) in [7, 11) is -3.60. The molecule has 28 heavy (non-hydrogen) atoms. The molecule has 0 aliphatic carbocycles. The second-order valence-electron chi connectivity index (χ2n) is 7.19. The zero-order valence-corrected chi connectivity index (χ0v) is 17.7. The molecule has 0 aromatic heterocycles. The molecule has 2 atom stereocenters. The van der Waals surface area contributed by atoms with Crippen molar-refractivity contribution < 1.29 is 13.2 Å². The summed E-state index contributed by atoms with van der Waals surface area (Å²) in [4.78, 5) is 17.5. The van der Waals surface area contributed by atoms with Gasteiger partial charge in [0.15, 0.2) is 0 Å². The van der Waals surface area contributed by atoms with E-state index in [1.807, 2.05) is 0 Å². The molecule has 1 aromatic rings. The molecule has 3 N–H and O–H groups in total. The summed E-state index contributed by atoms with van der Waals surface area (Å²) < 4.78 is 27.0. The van der Waals surface area contributed by atoms with E-state index < -0.39 is 16.1 Å². The Morgan fingerprint density at radius 3 is 2.86 bits per heavy atom. The zero-order valence-electron chi connectivity index (χ0n) is 16.1. The molecule has 0 radical (unpaired) electrons. The number of hydrogen-bond acceptors (Lipinski definition) is 5. The van der Waals surface area contributed by atoms with Crippen molar-refractivity contribution in [3.05, 3.63) is 29.8 Å². The Morgan fingerprint density at radius 2 is 2.14 bits per heavy atom. The number of amides is 1. The number of unbranched alkanes of at least 4 members (excludes halogenated alkanes) is 1. The van der Waals surface area contributed by atoms with E-state index in [0.717, 1.165) is 38.8 Å². The highest BCUT2D eigenvalue weighted by Crippen LogP contribution is 2.23. The number of hydrogen-bond donors (Lipinski definition) is 3. The van der Waals surface area contributed by atoms with E-state index in [1.165, 1.54) is 0 Å². The largest absolute Gasteiger partial charge is 0.354 e. The normalized spacial score (nSPS) is 22.6. The quantitative estimate of drug-likeness (QED) is 0.616. The van der Waals surface area contributed by atoms with E-state index in [-0.39, 0.29) is 29.0 Å². The van der Waals surface area contributed by atoms with Gasteiger partial charge in [0, 0.05) is 12.1 Å². The molecule has 2 unspecified atom stereocenters. The number of halogens is 1. The van der Waals surface area contributed by atoms with Crippen LogP contribution in [0.5, 0.6) is 0 Å². The van der Waals surface area contributed by atoms with Crippen LogP contribution >= 0.6 is 12.4 Å². The van der Waals surface area contributed by atoms with E-state index in [9.17, 15) is 13.2 Å². The van der Waals surface area contributed by atoms with Crippen LogP contribution in [0, 0.1) is 5.92 Å². The van der Waals surface area contributed by atoms with E-state index in [2.05, 4.69) is 27.3 Å². The molecule has 1 fully saturated rings. The van der Waals surface area contributed by atoms with Crippen LogP contribution in [0.25, 0.3) is 0 Å². The molecule has 3 rings (SSSR count). The molecule has 7 nitrogen and oxygen atoms in total. The predicted octanol–water partition coefficient (Wildman–Crippen LogP) is 1.82. The van der Waals surface area contributed by atoms with Crippen molar-refractivity contribution in [3.8, 4) is 0 Å². The fourth-order valence-corrected chi connectivity index (χ4v) is 4.74. The minimum atomic E-state index is -3.60. The predicted molar refractivity (Wildman–Crippen MR) is 112 cm³/mol. The van der Waals surface area contributed by atoms with Crippen molar-refractivity contribution in [2.75, 3.05) is 19.6 Å². The first-order chi connectivity index (χ1) is 13.0. The number of carbonyl (C=O) groups excluding carboxylic acids is 1. The molecule has 2 aliphatic heterocycles. The lowest BCUT2D eigenvalue weighted by atomic mass is 9.99. The molecule has 0 saturated carbocycles. The molecule has 9 heteroatoms. The number of piperidine rings is 1. The molecule has 156 valence electrons. The first kappa shape index (κ1) is 22.6. The Labute approximate surface area is 173 Å². The number of aliphatic imine (C=N–C) groups is 1. The summed E-state index contributed by atoms with van der Waals surface area (Å²) in [5, 5.41) is 6.36. The van der Waals surface area contributed by atoms with Crippen molar-refractivity contribution in [1.29, 1.82) is 0 Å².